The van der Waals surface area contributed by atoms with E-state index < -0.39 is 0 Å². The first-order chi connectivity index (χ1) is 8.75. The lowest BCUT2D eigenvalue weighted by Crippen LogP contribution is -2.18. The Balaban J connectivity index is 1.48. The molecular formula is C14H15ClN2O. The maximum Gasteiger partial charge on any atom is 0.228 e. The zero-order valence-electron chi connectivity index (χ0n) is 9.97. The first-order valence-electron chi connectivity index (χ1n) is 6.66. The van der Waals surface area contributed by atoms with Gasteiger partial charge in [0.05, 0.1) is 16.9 Å². The summed E-state index contributed by atoms with van der Waals surface area (Å²) in [5, 5.41) is 3.50. The number of nitrogens with one attached hydrogen (secondary N) is 1. The monoisotopic (exact) mass is 262 g/mol. The van der Waals surface area contributed by atoms with Crippen molar-refractivity contribution in [1.29, 1.82) is 0 Å². The lowest BCUT2D eigenvalue weighted by Gasteiger charge is -2.10. The summed E-state index contributed by atoms with van der Waals surface area (Å²) in [5.41, 5.74) is 0.640. The predicted molar refractivity (Wildman–Crippen MR) is 69.2 cm³/mol. The van der Waals surface area contributed by atoms with Crippen LogP contribution in [0.15, 0.2) is 18.5 Å². The summed E-state index contributed by atoms with van der Waals surface area (Å²) in [7, 11) is 0. The number of pyridine rings is 1. The van der Waals surface area contributed by atoms with E-state index in [0.717, 1.165) is 11.8 Å². The largest absolute Gasteiger partial charge is 0.323 e. The molecule has 3 aliphatic carbocycles. The molecule has 1 amide bonds. The molecule has 4 atom stereocenters. The maximum atomic E-state index is 12.3. The smallest absolute Gasteiger partial charge is 0.228 e. The third kappa shape index (κ3) is 1.43. The number of aromatic nitrogens is 1. The van der Waals surface area contributed by atoms with E-state index in [1.54, 1.807) is 18.5 Å². The molecule has 3 saturated carbocycles. The minimum Gasteiger partial charge on any atom is -0.323 e. The van der Waals surface area contributed by atoms with E-state index in [-0.39, 0.29) is 11.8 Å². The highest BCUT2D eigenvalue weighted by atomic mass is 35.5. The molecule has 3 nitrogen and oxygen atoms in total. The van der Waals surface area contributed by atoms with Crippen molar-refractivity contribution in [3.05, 3.63) is 23.5 Å². The molecule has 4 rings (SSSR count). The molecule has 4 unspecified atom stereocenters. The SMILES string of the molecule is O=C(Nc1cnccc1Cl)C1C2C3CCC(C3)C12. The standard InChI is InChI=1S/C14H15ClN2O/c15-9-3-4-16-6-10(9)17-14(18)13-11-7-1-2-8(5-7)12(11)13/h3-4,6-8,11-13H,1-2,5H2,(H,17,18). The summed E-state index contributed by atoms with van der Waals surface area (Å²) in [6.45, 7) is 0. The van der Waals surface area contributed by atoms with Gasteiger partial charge in [0, 0.05) is 12.1 Å². The van der Waals surface area contributed by atoms with E-state index in [0.29, 0.717) is 22.5 Å². The Morgan fingerprint density at radius 3 is 2.72 bits per heavy atom. The van der Waals surface area contributed by atoms with Gasteiger partial charge in [0.15, 0.2) is 0 Å². The second-order valence-electron chi connectivity index (χ2n) is 5.86. The van der Waals surface area contributed by atoms with Gasteiger partial charge < -0.3 is 5.32 Å². The Morgan fingerprint density at radius 1 is 1.33 bits per heavy atom. The molecule has 94 valence electrons. The van der Waals surface area contributed by atoms with E-state index in [9.17, 15) is 4.79 Å². The summed E-state index contributed by atoms with van der Waals surface area (Å²) in [6, 6.07) is 1.70. The molecule has 3 aliphatic rings. The number of anilines is 1. The number of carbonyl (C=O) groups excluding carboxylic acids is 1. The molecule has 0 spiro atoms. The minimum atomic E-state index is 0.150. The van der Waals surface area contributed by atoms with Gasteiger partial charge >= 0.3 is 0 Å². The van der Waals surface area contributed by atoms with Crippen molar-refractivity contribution < 1.29 is 4.79 Å². The Hall–Kier alpha value is -1.09. The highest BCUT2D eigenvalue weighted by Crippen LogP contribution is 2.69. The van der Waals surface area contributed by atoms with Crippen LogP contribution in [0.1, 0.15) is 19.3 Å². The Bertz CT molecular complexity index is 502. The molecule has 0 radical (unpaired) electrons. The molecule has 0 saturated heterocycles. The van der Waals surface area contributed by atoms with Crippen molar-refractivity contribution in [2.24, 2.45) is 29.6 Å². The van der Waals surface area contributed by atoms with E-state index >= 15 is 0 Å². The van der Waals surface area contributed by atoms with E-state index in [1.807, 2.05) is 0 Å². The van der Waals surface area contributed by atoms with Gasteiger partial charge in [-0.15, -0.1) is 0 Å². The summed E-state index contributed by atoms with van der Waals surface area (Å²) in [6.07, 6.45) is 7.29. The molecule has 0 aliphatic heterocycles. The van der Waals surface area contributed by atoms with Crippen molar-refractivity contribution >= 4 is 23.2 Å². The van der Waals surface area contributed by atoms with Crippen molar-refractivity contribution in [2.75, 3.05) is 5.32 Å². The van der Waals surface area contributed by atoms with Gasteiger partial charge in [0.25, 0.3) is 0 Å². The van der Waals surface area contributed by atoms with E-state index in [1.165, 1.54) is 19.3 Å². The molecule has 0 aromatic carbocycles. The highest BCUT2D eigenvalue weighted by molar-refractivity contribution is 6.33. The van der Waals surface area contributed by atoms with E-state index in [4.69, 9.17) is 11.6 Å². The molecule has 18 heavy (non-hydrogen) atoms. The fourth-order valence-corrected chi connectivity index (χ4v) is 4.51. The number of hydrogen-bond donors (Lipinski definition) is 1. The van der Waals surface area contributed by atoms with Crippen LogP contribution in [0, 0.1) is 29.6 Å². The maximum absolute atomic E-state index is 12.3. The van der Waals surface area contributed by atoms with Crippen LogP contribution in [0.25, 0.3) is 0 Å². The van der Waals surface area contributed by atoms with Crippen LogP contribution >= 0.6 is 11.6 Å². The third-order valence-electron chi connectivity index (χ3n) is 5.06. The van der Waals surface area contributed by atoms with Crippen LogP contribution in [0.3, 0.4) is 0 Å². The second-order valence-corrected chi connectivity index (χ2v) is 6.27. The number of amides is 1. The Kier molecular flexibility index (Phi) is 2.22. The molecule has 4 heteroatoms. The van der Waals surface area contributed by atoms with Crippen LogP contribution in [0.5, 0.6) is 0 Å². The normalized spacial score (nSPS) is 39.5. The number of nitrogens with zero attached hydrogens (tertiary/aromatic N) is 1. The van der Waals surface area contributed by atoms with Crippen molar-refractivity contribution in [3.8, 4) is 0 Å². The fraction of sp³-hybridized carbons (Fsp3) is 0.571. The number of fused-ring (bicyclic) bond motifs is 5. The number of carbonyl (C=O) groups is 1. The number of rotatable bonds is 2. The topological polar surface area (TPSA) is 42.0 Å². The summed E-state index contributed by atoms with van der Waals surface area (Å²) in [5.74, 6) is 3.36. The van der Waals surface area contributed by atoms with Crippen LogP contribution in [-0.2, 0) is 4.79 Å². The molecule has 1 aromatic heterocycles. The molecule has 1 N–H and O–H groups in total. The second kappa shape index (κ2) is 3.70. The van der Waals surface area contributed by atoms with E-state index in [2.05, 4.69) is 10.3 Å². The Labute approximate surface area is 111 Å². The predicted octanol–water partition coefficient (Wildman–Crippen LogP) is 2.97. The van der Waals surface area contributed by atoms with Gasteiger partial charge in [-0.2, -0.15) is 0 Å². The lowest BCUT2D eigenvalue weighted by atomic mass is 10.0. The van der Waals surface area contributed by atoms with Crippen LogP contribution in [0.4, 0.5) is 5.69 Å². The van der Waals surface area contributed by atoms with Gasteiger partial charge in [0.1, 0.15) is 0 Å². The van der Waals surface area contributed by atoms with Crippen molar-refractivity contribution in [3.63, 3.8) is 0 Å². The number of hydrogen-bond acceptors (Lipinski definition) is 2. The van der Waals surface area contributed by atoms with Gasteiger partial charge in [0.2, 0.25) is 5.91 Å². The summed E-state index contributed by atoms with van der Waals surface area (Å²) < 4.78 is 0. The molecule has 1 heterocycles. The quantitative estimate of drug-likeness (QED) is 0.890. The van der Waals surface area contributed by atoms with Gasteiger partial charge in [-0.25, -0.2) is 0 Å². The van der Waals surface area contributed by atoms with Gasteiger partial charge in [-0.05, 0) is 49.0 Å². The van der Waals surface area contributed by atoms with Crippen LogP contribution in [0.2, 0.25) is 5.02 Å². The fourth-order valence-electron chi connectivity index (χ4n) is 4.36. The van der Waals surface area contributed by atoms with Gasteiger partial charge in [-0.1, -0.05) is 11.6 Å². The highest BCUT2D eigenvalue weighted by Gasteiger charge is 2.67. The number of halogens is 1. The zero-order valence-corrected chi connectivity index (χ0v) is 10.7. The molecule has 2 bridgehead atoms. The van der Waals surface area contributed by atoms with Crippen molar-refractivity contribution in [2.45, 2.75) is 19.3 Å². The molecular weight excluding hydrogens is 248 g/mol. The van der Waals surface area contributed by atoms with Crippen molar-refractivity contribution in [1.82, 2.24) is 4.98 Å². The third-order valence-corrected chi connectivity index (χ3v) is 5.39. The summed E-state index contributed by atoms with van der Waals surface area (Å²) >= 11 is 6.03. The summed E-state index contributed by atoms with van der Waals surface area (Å²) in [4.78, 5) is 16.3. The average molecular weight is 263 g/mol. The van der Waals surface area contributed by atoms with Gasteiger partial charge in [-0.3, -0.25) is 9.78 Å². The Morgan fingerprint density at radius 2 is 2.06 bits per heavy atom. The average Bonchev–Trinajstić information content (AvgIpc) is 2.82. The lowest BCUT2D eigenvalue weighted by molar-refractivity contribution is -0.118. The van der Waals surface area contributed by atoms with Crippen LogP contribution < -0.4 is 5.32 Å². The first-order valence-corrected chi connectivity index (χ1v) is 7.04. The molecule has 3 fully saturated rings. The van der Waals surface area contributed by atoms with Crippen LogP contribution in [-0.4, -0.2) is 10.9 Å². The molecule has 1 aromatic rings. The minimum absolute atomic E-state index is 0.150. The first kappa shape index (κ1) is 10.8. The zero-order chi connectivity index (χ0) is 12.3.